The van der Waals surface area contributed by atoms with Gasteiger partial charge in [0.25, 0.3) is 0 Å². The van der Waals surface area contributed by atoms with Gasteiger partial charge in [-0.3, -0.25) is 4.98 Å². The molecule has 16 heavy (non-hydrogen) atoms. The zero-order valence-electron chi connectivity index (χ0n) is 8.47. The third-order valence-corrected chi connectivity index (χ3v) is 3.63. The highest BCUT2D eigenvalue weighted by molar-refractivity contribution is 7.90. The number of halogens is 1. The van der Waals surface area contributed by atoms with Crippen LogP contribution in [-0.2, 0) is 16.9 Å². The molecule has 2 rings (SSSR count). The van der Waals surface area contributed by atoms with Gasteiger partial charge in [0.15, 0.2) is 4.90 Å². The number of hydrogen-bond acceptors (Lipinski definition) is 2. The summed E-state index contributed by atoms with van der Waals surface area (Å²) in [5.41, 5.74) is 1.04. The van der Waals surface area contributed by atoms with Crippen LogP contribution in [0.2, 0.25) is 5.02 Å². The maximum Gasteiger partial charge on any atom is 0.172 e. The molecule has 0 fully saturated rings. The number of rotatable bonds is 3. The first-order valence-electron chi connectivity index (χ1n) is 4.78. The van der Waals surface area contributed by atoms with Crippen molar-refractivity contribution in [2.75, 3.05) is 0 Å². The van der Waals surface area contributed by atoms with E-state index in [0.717, 1.165) is 5.56 Å². The summed E-state index contributed by atoms with van der Waals surface area (Å²) < 4.78 is 12.0. The van der Waals surface area contributed by atoms with E-state index in [2.05, 4.69) is 4.98 Å². The van der Waals surface area contributed by atoms with Gasteiger partial charge in [0, 0.05) is 17.8 Å². The van der Waals surface area contributed by atoms with Crippen LogP contribution in [-0.4, -0.2) is 9.54 Å². The molecule has 1 aromatic heterocycles. The van der Waals surface area contributed by atoms with Gasteiger partial charge in [0.1, 0.15) is 5.75 Å². The number of aromatic nitrogens is 1. The van der Waals surface area contributed by atoms with Crippen LogP contribution in [0.4, 0.5) is 0 Å². The fraction of sp³-hybridized carbons (Fsp3) is 0.0833. The summed E-state index contributed by atoms with van der Waals surface area (Å²) in [4.78, 5) is 4.59. The molecule has 0 saturated heterocycles. The van der Waals surface area contributed by atoms with Crippen molar-refractivity contribution in [1.82, 2.24) is 4.98 Å². The predicted molar refractivity (Wildman–Crippen MR) is 65.8 cm³/mol. The second-order valence-electron chi connectivity index (χ2n) is 3.31. The van der Waals surface area contributed by atoms with Crippen LogP contribution < -0.4 is 0 Å². The minimum absolute atomic E-state index is 0.489. The lowest BCUT2D eigenvalue weighted by Crippen LogP contribution is -2.05. The van der Waals surface area contributed by atoms with Gasteiger partial charge in [-0.25, -0.2) is 0 Å². The molecule has 0 radical (unpaired) electrons. The molecule has 0 aliphatic carbocycles. The molecule has 1 aromatic carbocycles. The Bertz CT molecular complexity index is 464. The van der Waals surface area contributed by atoms with E-state index in [1.807, 2.05) is 30.3 Å². The fourth-order valence-electron chi connectivity index (χ4n) is 1.33. The van der Waals surface area contributed by atoms with Crippen LogP contribution in [0.5, 0.6) is 0 Å². The normalized spacial score (nSPS) is 12.4. The van der Waals surface area contributed by atoms with E-state index < -0.39 is 11.2 Å². The van der Waals surface area contributed by atoms with Crippen LogP contribution in [0.3, 0.4) is 0 Å². The third kappa shape index (κ3) is 2.98. The van der Waals surface area contributed by atoms with E-state index in [1.165, 1.54) is 6.20 Å². The molecule has 4 heteroatoms. The summed E-state index contributed by atoms with van der Waals surface area (Å²) in [6.45, 7) is 0. The second-order valence-corrected chi connectivity index (χ2v) is 5.20. The third-order valence-electron chi connectivity index (χ3n) is 2.08. The average Bonchev–Trinajstić information content (AvgIpc) is 2.30. The highest BCUT2D eigenvalue weighted by Gasteiger charge is 2.12. The Morgan fingerprint density at radius 1 is 1.19 bits per heavy atom. The first-order chi connectivity index (χ1) is 7.75. The largest absolute Gasteiger partial charge is 0.611 e. The Morgan fingerprint density at radius 3 is 2.62 bits per heavy atom. The molecule has 0 spiro atoms. The van der Waals surface area contributed by atoms with Crippen molar-refractivity contribution in [3.63, 3.8) is 0 Å². The molecular weight excluding hydrogens is 242 g/mol. The first-order valence-corrected chi connectivity index (χ1v) is 6.48. The zero-order chi connectivity index (χ0) is 11.4. The summed E-state index contributed by atoms with van der Waals surface area (Å²) in [5.74, 6) is 0.489. The van der Waals surface area contributed by atoms with Crippen molar-refractivity contribution >= 4 is 22.8 Å². The van der Waals surface area contributed by atoms with Gasteiger partial charge in [-0.05, 0) is 11.2 Å². The van der Waals surface area contributed by atoms with Crippen LogP contribution in [0.25, 0.3) is 0 Å². The highest BCUT2D eigenvalue weighted by atomic mass is 35.5. The highest BCUT2D eigenvalue weighted by Crippen LogP contribution is 2.18. The Morgan fingerprint density at radius 2 is 1.94 bits per heavy atom. The number of pyridine rings is 1. The lowest BCUT2D eigenvalue weighted by Gasteiger charge is -2.09. The van der Waals surface area contributed by atoms with Crippen LogP contribution in [0.15, 0.2) is 53.7 Å². The Labute approximate surface area is 102 Å². The molecule has 0 aliphatic rings. The topological polar surface area (TPSA) is 36.0 Å². The van der Waals surface area contributed by atoms with Crippen LogP contribution in [0.1, 0.15) is 5.56 Å². The molecule has 0 saturated carbocycles. The van der Waals surface area contributed by atoms with Crippen LogP contribution in [0, 0.1) is 0 Å². The van der Waals surface area contributed by atoms with E-state index in [4.69, 9.17) is 11.6 Å². The molecule has 0 aliphatic heterocycles. The summed E-state index contributed by atoms with van der Waals surface area (Å²) in [6, 6.07) is 11.4. The standard InChI is InChI=1S/C12H10ClNOS/c13-11-6-12(8-14-7-11)16(15)9-10-4-2-1-3-5-10/h1-8H,9H2. The van der Waals surface area contributed by atoms with E-state index in [9.17, 15) is 4.55 Å². The van der Waals surface area contributed by atoms with Crippen molar-refractivity contribution in [2.45, 2.75) is 10.6 Å². The van der Waals surface area contributed by atoms with Gasteiger partial charge >= 0.3 is 0 Å². The number of hydrogen-bond donors (Lipinski definition) is 0. The van der Waals surface area contributed by atoms with Crippen molar-refractivity contribution in [3.05, 3.63) is 59.4 Å². The Balaban J connectivity index is 2.12. The van der Waals surface area contributed by atoms with E-state index in [-0.39, 0.29) is 0 Å². The molecule has 2 nitrogen and oxygen atoms in total. The summed E-state index contributed by atoms with van der Waals surface area (Å²) in [6.07, 6.45) is 3.12. The first kappa shape index (κ1) is 11.5. The van der Waals surface area contributed by atoms with Crippen molar-refractivity contribution in [3.8, 4) is 0 Å². The van der Waals surface area contributed by atoms with Gasteiger partial charge in [-0.1, -0.05) is 41.9 Å². The Hall–Kier alpha value is -1.03. The van der Waals surface area contributed by atoms with E-state index >= 15 is 0 Å². The van der Waals surface area contributed by atoms with E-state index in [0.29, 0.717) is 15.7 Å². The SMILES string of the molecule is [O-][S+](Cc1ccccc1)c1cncc(Cl)c1. The van der Waals surface area contributed by atoms with Crippen molar-refractivity contribution < 1.29 is 4.55 Å². The molecule has 1 heterocycles. The van der Waals surface area contributed by atoms with Gasteiger partial charge < -0.3 is 4.55 Å². The van der Waals surface area contributed by atoms with Gasteiger partial charge in [-0.15, -0.1) is 0 Å². The zero-order valence-corrected chi connectivity index (χ0v) is 10.0. The molecule has 0 amide bonds. The molecule has 82 valence electrons. The lowest BCUT2D eigenvalue weighted by molar-refractivity contribution is 0.594. The molecule has 0 N–H and O–H groups in total. The smallest absolute Gasteiger partial charge is 0.172 e. The summed E-state index contributed by atoms with van der Waals surface area (Å²) in [7, 11) is 0. The van der Waals surface area contributed by atoms with Gasteiger partial charge in [-0.2, -0.15) is 0 Å². The fourth-order valence-corrected chi connectivity index (χ4v) is 2.66. The maximum atomic E-state index is 12.0. The molecule has 1 unspecified atom stereocenters. The molecular formula is C12H10ClNOS. The molecule has 1 atom stereocenters. The Kier molecular flexibility index (Phi) is 3.83. The second kappa shape index (κ2) is 5.34. The summed E-state index contributed by atoms with van der Waals surface area (Å²) >= 11 is 4.70. The van der Waals surface area contributed by atoms with Crippen molar-refractivity contribution in [1.29, 1.82) is 0 Å². The molecule has 0 bridgehead atoms. The average molecular weight is 252 g/mol. The maximum absolute atomic E-state index is 12.0. The van der Waals surface area contributed by atoms with Gasteiger partial charge in [0.2, 0.25) is 0 Å². The number of benzene rings is 1. The lowest BCUT2D eigenvalue weighted by atomic mass is 10.2. The quantitative estimate of drug-likeness (QED) is 0.786. The van der Waals surface area contributed by atoms with Crippen molar-refractivity contribution in [2.24, 2.45) is 0 Å². The summed E-state index contributed by atoms with van der Waals surface area (Å²) in [5, 5.41) is 0.513. The predicted octanol–water partition coefficient (Wildman–Crippen LogP) is 3.04. The number of nitrogens with zero attached hydrogens (tertiary/aromatic N) is 1. The van der Waals surface area contributed by atoms with Gasteiger partial charge in [0.05, 0.1) is 11.2 Å². The molecule has 2 aromatic rings. The monoisotopic (exact) mass is 251 g/mol. The minimum atomic E-state index is -1.09. The minimum Gasteiger partial charge on any atom is -0.611 e. The van der Waals surface area contributed by atoms with Crippen LogP contribution >= 0.6 is 11.6 Å². The van der Waals surface area contributed by atoms with E-state index in [1.54, 1.807) is 12.3 Å².